The molecule has 0 radical (unpaired) electrons. The van der Waals surface area contributed by atoms with Gasteiger partial charge in [0.15, 0.2) is 5.16 Å². The van der Waals surface area contributed by atoms with Crippen molar-refractivity contribution in [2.45, 2.75) is 30.4 Å². The molecule has 150 valence electrons. The summed E-state index contributed by atoms with van der Waals surface area (Å²) in [5.41, 5.74) is 0.228. The van der Waals surface area contributed by atoms with Crippen molar-refractivity contribution < 1.29 is 13.9 Å². The van der Waals surface area contributed by atoms with Crippen LogP contribution in [0.4, 0.5) is 10.1 Å². The Kier molecular flexibility index (Phi) is 7.02. The van der Waals surface area contributed by atoms with Crippen LogP contribution in [-0.2, 0) is 11.4 Å². The van der Waals surface area contributed by atoms with E-state index >= 15 is 0 Å². The topological polar surface area (TPSA) is 84.1 Å². The monoisotopic (exact) mass is 413 g/mol. The number of aromatic amines is 1. The minimum absolute atomic E-state index is 0.114. The molecule has 0 aliphatic heterocycles. The third-order valence-electron chi connectivity index (χ3n) is 3.95. The van der Waals surface area contributed by atoms with Gasteiger partial charge >= 0.3 is 0 Å². The van der Waals surface area contributed by atoms with E-state index in [9.17, 15) is 14.0 Å². The molecule has 1 unspecified atom stereocenters. The molecule has 1 atom stereocenters. The Morgan fingerprint density at radius 2 is 1.93 bits per heavy atom. The fourth-order valence-corrected chi connectivity index (χ4v) is 3.45. The fraction of sp³-hybridized carbons (Fsp3) is 0.190. The summed E-state index contributed by atoms with van der Waals surface area (Å²) in [6, 6.07) is 16.5. The van der Waals surface area contributed by atoms with Crippen LogP contribution in [0.3, 0.4) is 0 Å². The maximum Gasteiger partial charge on any atom is 0.251 e. The summed E-state index contributed by atoms with van der Waals surface area (Å²) in [5, 5.41) is 2.33. The first-order chi connectivity index (χ1) is 14.0. The number of H-pyrrole nitrogens is 1. The highest BCUT2D eigenvalue weighted by molar-refractivity contribution is 8.00. The number of benzene rings is 2. The van der Waals surface area contributed by atoms with Crippen LogP contribution in [-0.4, -0.2) is 21.1 Å². The Morgan fingerprint density at radius 3 is 2.66 bits per heavy atom. The van der Waals surface area contributed by atoms with Gasteiger partial charge in [-0.15, -0.1) is 0 Å². The highest BCUT2D eigenvalue weighted by Crippen LogP contribution is 2.24. The van der Waals surface area contributed by atoms with Crippen LogP contribution in [0, 0.1) is 5.82 Å². The highest BCUT2D eigenvalue weighted by Gasteiger charge is 2.20. The molecule has 0 aliphatic carbocycles. The summed E-state index contributed by atoms with van der Waals surface area (Å²) in [6.45, 7) is 1.96. The molecule has 3 aromatic rings. The van der Waals surface area contributed by atoms with Crippen LogP contribution < -0.4 is 15.6 Å². The number of carbonyl (C=O) groups is 1. The second-order valence-corrected chi connectivity index (χ2v) is 7.32. The first-order valence-electron chi connectivity index (χ1n) is 9.05. The lowest BCUT2D eigenvalue weighted by molar-refractivity contribution is -0.115. The minimum Gasteiger partial charge on any atom is -0.487 e. The Labute approximate surface area is 171 Å². The van der Waals surface area contributed by atoms with Gasteiger partial charge in [0, 0.05) is 6.07 Å². The molecule has 0 saturated carbocycles. The van der Waals surface area contributed by atoms with Crippen molar-refractivity contribution in [2.75, 3.05) is 5.32 Å². The number of carbonyl (C=O) groups excluding carboxylic acids is 1. The van der Waals surface area contributed by atoms with E-state index in [-0.39, 0.29) is 23.8 Å². The Bertz CT molecular complexity index is 1030. The number of halogens is 1. The fourth-order valence-electron chi connectivity index (χ4n) is 2.52. The summed E-state index contributed by atoms with van der Waals surface area (Å²) < 4.78 is 19.4. The van der Waals surface area contributed by atoms with Crippen molar-refractivity contribution in [1.29, 1.82) is 0 Å². The minimum atomic E-state index is -0.553. The number of para-hydroxylation sites is 2. The summed E-state index contributed by atoms with van der Waals surface area (Å²) in [6.07, 6.45) is 0.472. The van der Waals surface area contributed by atoms with Gasteiger partial charge in [-0.05, 0) is 30.7 Å². The highest BCUT2D eigenvalue weighted by atomic mass is 32.2. The number of aromatic nitrogens is 2. The summed E-state index contributed by atoms with van der Waals surface area (Å²) in [4.78, 5) is 31.5. The molecule has 2 N–H and O–H groups in total. The van der Waals surface area contributed by atoms with Crippen molar-refractivity contribution in [3.63, 3.8) is 0 Å². The van der Waals surface area contributed by atoms with E-state index in [2.05, 4.69) is 15.3 Å². The number of ether oxygens (including phenoxy) is 1. The molecule has 8 heteroatoms. The van der Waals surface area contributed by atoms with Crippen LogP contribution >= 0.6 is 11.8 Å². The molecule has 0 bridgehead atoms. The standard InChI is InChI=1S/C21H20FN3O3S/c1-2-18(20(27)24-17-11-7-6-10-16(17)22)29-21-23-14(12-19(26)25-21)13-28-15-8-4-3-5-9-15/h3-12,18H,2,13H2,1H3,(H,24,27)(H,23,25,26). The molecular weight excluding hydrogens is 393 g/mol. The lowest BCUT2D eigenvalue weighted by atomic mass is 10.2. The van der Waals surface area contributed by atoms with Gasteiger partial charge in [-0.2, -0.15) is 0 Å². The maximum absolute atomic E-state index is 13.8. The normalized spacial score (nSPS) is 11.7. The van der Waals surface area contributed by atoms with E-state index < -0.39 is 11.1 Å². The first-order valence-corrected chi connectivity index (χ1v) is 9.93. The quantitative estimate of drug-likeness (QED) is 0.431. The van der Waals surface area contributed by atoms with Crippen molar-refractivity contribution in [1.82, 2.24) is 9.97 Å². The number of thioether (sulfide) groups is 1. The van der Waals surface area contributed by atoms with E-state index in [1.807, 2.05) is 37.3 Å². The second kappa shape index (κ2) is 9.88. The maximum atomic E-state index is 13.8. The molecule has 1 amide bonds. The zero-order valence-electron chi connectivity index (χ0n) is 15.7. The first kappa shape index (κ1) is 20.6. The van der Waals surface area contributed by atoms with Gasteiger partial charge < -0.3 is 15.0 Å². The van der Waals surface area contributed by atoms with Gasteiger partial charge in [0.1, 0.15) is 18.2 Å². The average Bonchev–Trinajstić information content (AvgIpc) is 2.72. The third kappa shape index (κ3) is 5.92. The van der Waals surface area contributed by atoms with E-state index in [0.29, 0.717) is 23.0 Å². The predicted molar refractivity (Wildman–Crippen MR) is 111 cm³/mol. The number of hydrogen-bond donors (Lipinski definition) is 2. The Morgan fingerprint density at radius 1 is 1.21 bits per heavy atom. The van der Waals surface area contributed by atoms with Gasteiger partial charge in [0.2, 0.25) is 5.91 Å². The van der Waals surface area contributed by atoms with E-state index in [0.717, 1.165) is 11.8 Å². The Hall–Kier alpha value is -3.13. The molecule has 0 fully saturated rings. The van der Waals surface area contributed by atoms with Gasteiger partial charge in [-0.1, -0.05) is 49.0 Å². The van der Waals surface area contributed by atoms with Crippen LogP contribution in [0.25, 0.3) is 0 Å². The number of nitrogens with one attached hydrogen (secondary N) is 2. The van der Waals surface area contributed by atoms with Crippen molar-refractivity contribution >= 4 is 23.4 Å². The van der Waals surface area contributed by atoms with Gasteiger partial charge in [0.25, 0.3) is 5.56 Å². The second-order valence-electron chi connectivity index (χ2n) is 6.13. The Balaban J connectivity index is 1.68. The lowest BCUT2D eigenvalue weighted by Crippen LogP contribution is -2.26. The molecule has 1 heterocycles. The summed E-state index contributed by atoms with van der Waals surface area (Å²) in [7, 11) is 0. The SMILES string of the molecule is CCC(Sc1nc(COc2ccccc2)cc(=O)[nH]1)C(=O)Nc1ccccc1F. The largest absolute Gasteiger partial charge is 0.487 e. The summed E-state index contributed by atoms with van der Waals surface area (Å²) >= 11 is 1.12. The summed E-state index contributed by atoms with van der Waals surface area (Å²) in [5.74, 6) is -0.206. The van der Waals surface area contributed by atoms with Crippen molar-refractivity contribution in [3.8, 4) is 5.75 Å². The van der Waals surface area contributed by atoms with Crippen LogP contribution in [0.1, 0.15) is 19.0 Å². The number of nitrogens with zero attached hydrogens (tertiary/aromatic N) is 1. The van der Waals surface area contributed by atoms with E-state index in [1.54, 1.807) is 12.1 Å². The van der Waals surface area contributed by atoms with Crippen molar-refractivity contribution in [3.05, 3.63) is 82.5 Å². The van der Waals surface area contributed by atoms with Gasteiger partial charge in [-0.25, -0.2) is 9.37 Å². The molecule has 0 spiro atoms. The smallest absolute Gasteiger partial charge is 0.251 e. The number of hydrogen-bond acceptors (Lipinski definition) is 5. The van der Waals surface area contributed by atoms with Gasteiger partial charge in [-0.3, -0.25) is 9.59 Å². The average molecular weight is 413 g/mol. The zero-order chi connectivity index (χ0) is 20.6. The molecule has 1 aromatic heterocycles. The number of anilines is 1. The van der Waals surface area contributed by atoms with E-state index in [1.165, 1.54) is 18.2 Å². The van der Waals surface area contributed by atoms with E-state index in [4.69, 9.17) is 4.74 Å². The number of amides is 1. The third-order valence-corrected chi connectivity index (χ3v) is 5.20. The molecular formula is C21H20FN3O3S. The zero-order valence-corrected chi connectivity index (χ0v) is 16.5. The molecule has 3 rings (SSSR count). The van der Waals surface area contributed by atoms with Gasteiger partial charge in [0.05, 0.1) is 16.6 Å². The van der Waals surface area contributed by atoms with Crippen molar-refractivity contribution in [2.24, 2.45) is 0 Å². The molecule has 0 aliphatic rings. The molecule has 6 nitrogen and oxygen atoms in total. The molecule has 29 heavy (non-hydrogen) atoms. The lowest BCUT2D eigenvalue weighted by Gasteiger charge is -2.15. The van der Waals surface area contributed by atoms with Crippen LogP contribution in [0.15, 0.2) is 70.6 Å². The molecule has 0 saturated heterocycles. The predicted octanol–water partition coefficient (Wildman–Crippen LogP) is 4.00. The number of rotatable bonds is 8. The van der Waals surface area contributed by atoms with Crippen LogP contribution in [0.2, 0.25) is 0 Å². The van der Waals surface area contributed by atoms with Crippen LogP contribution in [0.5, 0.6) is 5.75 Å². The molecule has 2 aromatic carbocycles.